The minimum absolute atomic E-state index is 0.0774. The lowest BCUT2D eigenvalue weighted by Gasteiger charge is -2.06. The Bertz CT molecular complexity index is 717. The second-order valence-corrected chi connectivity index (χ2v) is 4.47. The third kappa shape index (κ3) is 4.69. The number of para-hydroxylation sites is 1. The van der Waals surface area contributed by atoms with Crippen LogP contribution in [-0.2, 0) is 4.79 Å². The van der Waals surface area contributed by atoms with Crippen molar-refractivity contribution in [2.24, 2.45) is 10.7 Å². The summed E-state index contributed by atoms with van der Waals surface area (Å²) in [5.41, 5.74) is 7.87. The fourth-order valence-electron chi connectivity index (χ4n) is 1.75. The highest BCUT2D eigenvalue weighted by Crippen LogP contribution is 2.09. The Morgan fingerprint density at radius 3 is 2.55 bits per heavy atom. The van der Waals surface area contributed by atoms with Gasteiger partial charge in [0.2, 0.25) is 5.91 Å². The number of nitrogens with two attached hydrogens (primary N) is 1. The summed E-state index contributed by atoms with van der Waals surface area (Å²) in [6.07, 6.45) is 5.31. The molecule has 0 bridgehead atoms. The van der Waals surface area contributed by atoms with Gasteiger partial charge in [-0.15, -0.1) is 6.42 Å². The molecule has 2 aromatic rings. The number of aliphatic imine (C=N–C) groups is 1. The van der Waals surface area contributed by atoms with Gasteiger partial charge in [-0.25, -0.2) is 4.99 Å². The first-order chi connectivity index (χ1) is 10.7. The van der Waals surface area contributed by atoms with Gasteiger partial charge in [0.15, 0.2) is 5.96 Å². The maximum Gasteiger partial charge on any atom is 0.246 e. The normalized spacial score (nSPS) is 10.6. The first-order valence-corrected chi connectivity index (χ1v) is 6.66. The molecule has 0 atom stereocenters. The molecule has 4 N–H and O–H groups in total. The Hall–Kier alpha value is -3.26. The molecule has 1 amide bonds. The smallest absolute Gasteiger partial charge is 0.246 e. The number of terminal acetylenes is 1. The Morgan fingerprint density at radius 1 is 1.09 bits per heavy atom. The number of carbonyl (C=O) groups is 1. The largest absolute Gasteiger partial charge is 0.370 e. The van der Waals surface area contributed by atoms with Crippen LogP contribution in [0.4, 0.5) is 11.4 Å². The van der Waals surface area contributed by atoms with Crippen LogP contribution in [0.5, 0.6) is 0 Å². The SMILES string of the molecule is C#Cc1cccc(NC(=O)CN=C(N)Nc2ccccc2)c1. The summed E-state index contributed by atoms with van der Waals surface area (Å²) in [4.78, 5) is 15.8. The zero-order valence-corrected chi connectivity index (χ0v) is 11.9. The van der Waals surface area contributed by atoms with Gasteiger partial charge in [-0.05, 0) is 30.3 Å². The van der Waals surface area contributed by atoms with Crippen molar-refractivity contribution in [3.8, 4) is 12.3 Å². The standard InChI is InChI=1S/C17H16N4O/c1-2-13-7-6-10-15(11-13)20-16(22)12-19-17(18)21-14-8-4-3-5-9-14/h1,3-11H,12H2,(H,20,22)(H3,18,19,21). The number of nitrogens with zero attached hydrogens (tertiary/aromatic N) is 1. The van der Waals surface area contributed by atoms with Crippen molar-refractivity contribution in [3.63, 3.8) is 0 Å². The van der Waals surface area contributed by atoms with Crippen LogP contribution in [0.1, 0.15) is 5.56 Å². The molecule has 2 aromatic carbocycles. The molecule has 0 radical (unpaired) electrons. The van der Waals surface area contributed by atoms with Crippen LogP contribution in [0.3, 0.4) is 0 Å². The molecule has 0 saturated heterocycles. The zero-order chi connectivity index (χ0) is 15.8. The second-order valence-electron chi connectivity index (χ2n) is 4.47. The van der Waals surface area contributed by atoms with Gasteiger partial charge in [-0.1, -0.05) is 30.2 Å². The van der Waals surface area contributed by atoms with Crippen LogP contribution in [0.2, 0.25) is 0 Å². The van der Waals surface area contributed by atoms with Crippen molar-refractivity contribution in [2.45, 2.75) is 0 Å². The first-order valence-electron chi connectivity index (χ1n) is 6.66. The molecular weight excluding hydrogens is 276 g/mol. The Balaban J connectivity index is 1.89. The highest BCUT2D eigenvalue weighted by atomic mass is 16.1. The number of hydrogen-bond acceptors (Lipinski definition) is 2. The third-order valence-corrected chi connectivity index (χ3v) is 2.75. The molecular formula is C17H16N4O. The van der Waals surface area contributed by atoms with E-state index < -0.39 is 0 Å². The summed E-state index contributed by atoms with van der Waals surface area (Å²) in [5.74, 6) is 2.42. The summed E-state index contributed by atoms with van der Waals surface area (Å²) in [6.45, 7) is -0.0774. The average molecular weight is 292 g/mol. The Kier molecular flexibility index (Phi) is 5.16. The number of guanidine groups is 1. The quantitative estimate of drug-likeness (QED) is 0.458. The lowest BCUT2D eigenvalue weighted by Crippen LogP contribution is -2.25. The molecule has 2 rings (SSSR count). The van der Waals surface area contributed by atoms with Crippen LogP contribution in [0.25, 0.3) is 0 Å². The number of carbonyl (C=O) groups excluding carboxylic acids is 1. The summed E-state index contributed by atoms with van der Waals surface area (Å²) >= 11 is 0. The molecule has 0 saturated carbocycles. The van der Waals surface area contributed by atoms with E-state index in [1.54, 1.807) is 24.3 Å². The molecule has 22 heavy (non-hydrogen) atoms. The van der Waals surface area contributed by atoms with Crippen LogP contribution in [0, 0.1) is 12.3 Å². The van der Waals surface area contributed by atoms with E-state index in [-0.39, 0.29) is 18.4 Å². The molecule has 0 fully saturated rings. The van der Waals surface area contributed by atoms with E-state index in [9.17, 15) is 4.79 Å². The van der Waals surface area contributed by atoms with Gasteiger partial charge in [0.25, 0.3) is 0 Å². The van der Waals surface area contributed by atoms with Crippen molar-refractivity contribution in [1.82, 2.24) is 0 Å². The Morgan fingerprint density at radius 2 is 1.82 bits per heavy atom. The molecule has 0 unspecified atom stereocenters. The van der Waals surface area contributed by atoms with Crippen molar-refractivity contribution >= 4 is 23.2 Å². The molecule has 5 nitrogen and oxygen atoms in total. The first kappa shape index (κ1) is 15.1. The molecule has 0 heterocycles. The van der Waals surface area contributed by atoms with Crippen LogP contribution >= 0.6 is 0 Å². The van der Waals surface area contributed by atoms with Gasteiger partial charge < -0.3 is 16.4 Å². The number of rotatable bonds is 4. The third-order valence-electron chi connectivity index (χ3n) is 2.75. The van der Waals surface area contributed by atoms with Crippen molar-refractivity contribution in [2.75, 3.05) is 17.2 Å². The number of anilines is 2. The van der Waals surface area contributed by atoms with Crippen LogP contribution < -0.4 is 16.4 Å². The van der Waals surface area contributed by atoms with Crippen molar-refractivity contribution in [3.05, 3.63) is 60.2 Å². The summed E-state index contributed by atoms with van der Waals surface area (Å²) in [7, 11) is 0. The minimum Gasteiger partial charge on any atom is -0.370 e. The van der Waals surface area contributed by atoms with Crippen LogP contribution in [-0.4, -0.2) is 18.4 Å². The van der Waals surface area contributed by atoms with E-state index in [0.29, 0.717) is 11.3 Å². The van der Waals surface area contributed by atoms with Gasteiger partial charge in [-0.3, -0.25) is 4.79 Å². The maximum atomic E-state index is 11.8. The molecule has 0 aromatic heterocycles. The molecule has 0 aliphatic rings. The highest BCUT2D eigenvalue weighted by Gasteiger charge is 2.02. The predicted molar refractivity (Wildman–Crippen MR) is 89.6 cm³/mol. The van der Waals surface area contributed by atoms with Gasteiger partial charge in [0.1, 0.15) is 6.54 Å². The van der Waals surface area contributed by atoms with Gasteiger partial charge in [0, 0.05) is 16.9 Å². The number of benzene rings is 2. The highest BCUT2D eigenvalue weighted by molar-refractivity contribution is 5.97. The topological polar surface area (TPSA) is 79.5 Å². The van der Waals surface area contributed by atoms with Crippen LogP contribution in [0.15, 0.2) is 59.6 Å². The summed E-state index contributed by atoms with van der Waals surface area (Å²) < 4.78 is 0. The molecule has 0 aliphatic carbocycles. The second kappa shape index (κ2) is 7.50. The lowest BCUT2D eigenvalue weighted by molar-refractivity contribution is -0.114. The maximum absolute atomic E-state index is 11.8. The van der Waals surface area contributed by atoms with E-state index in [1.165, 1.54) is 0 Å². The van der Waals surface area contributed by atoms with E-state index in [0.717, 1.165) is 5.69 Å². The zero-order valence-electron chi connectivity index (χ0n) is 11.9. The Labute approximate surface area is 129 Å². The molecule has 0 spiro atoms. The van der Waals surface area contributed by atoms with E-state index in [2.05, 4.69) is 21.5 Å². The number of hydrogen-bond donors (Lipinski definition) is 3. The van der Waals surface area contributed by atoms with E-state index in [1.807, 2.05) is 30.3 Å². The lowest BCUT2D eigenvalue weighted by atomic mass is 10.2. The van der Waals surface area contributed by atoms with Crippen molar-refractivity contribution < 1.29 is 4.79 Å². The average Bonchev–Trinajstić information content (AvgIpc) is 2.54. The minimum atomic E-state index is -0.271. The number of amides is 1. The van der Waals surface area contributed by atoms with Gasteiger partial charge >= 0.3 is 0 Å². The summed E-state index contributed by atoms with van der Waals surface area (Å²) in [5, 5.41) is 5.61. The monoisotopic (exact) mass is 292 g/mol. The fraction of sp³-hybridized carbons (Fsp3) is 0.0588. The summed E-state index contributed by atoms with van der Waals surface area (Å²) in [6, 6.07) is 16.4. The van der Waals surface area contributed by atoms with E-state index >= 15 is 0 Å². The molecule has 5 heteroatoms. The molecule has 0 aliphatic heterocycles. The number of nitrogens with one attached hydrogen (secondary N) is 2. The van der Waals surface area contributed by atoms with Gasteiger partial charge in [0.05, 0.1) is 0 Å². The van der Waals surface area contributed by atoms with E-state index in [4.69, 9.17) is 12.2 Å². The fourth-order valence-corrected chi connectivity index (χ4v) is 1.75. The predicted octanol–water partition coefficient (Wildman–Crippen LogP) is 2.03. The van der Waals surface area contributed by atoms with Crippen molar-refractivity contribution in [1.29, 1.82) is 0 Å². The molecule has 110 valence electrons. The van der Waals surface area contributed by atoms with Gasteiger partial charge in [-0.2, -0.15) is 0 Å².